The lowest BCUT2D eigenvalue weighted by atomic mass is 9.97. The van der Waals surface area contributed by atoms with E-state index in [1.807, 2.05) is 18.2 Å². The first kappa shape index (κ1) is 32.5. The van der Waals surface area contributed by atoms with Gasteiger partial charge < -0.3 is 9.13 Å². The highest BCUT2D eigenvalue weighted by Crippen LogP contribution is 2.42. The molecule has 0 saturated carbocycles. The molecule has 0 N–H and O–H groups in total. The lowest BCUT2D eigenvalue weighted by Crippen LogP contribution is -2.05. The highest BCUT2D eigenvalue weighted by molar-refractivity contribution is 6.13. The van der Waals surface area contributed by atoms with Crippen molar-refractivity contribution in [2.75, 3.05) is 0 Å². The van der Waals surface area contributed by atoms with Gasteiger partial charge in [-0.1, -0.05) is 120 Å². The third-order valence-electron chi connectivity index (χ3n) is 11.2. The number of fused-ring (bicyclic) bond motifs is 6. The second-order valence-electron chi connectivity index (χ2n) is 14.8. The number of nitriles is 1. The minimum atomic E-state index is 0.648. The normalized spacial score (nSPS) is 11.5. The van der Waals surface area contributed by atoms with E-state index in [1.165, 1.54) is 54.9 Å². The van der Waals surface area contributed by atoms with E-state index in [4.69, 9.17) is 0 Å². The summed E-state index contributed by atoms with van der Waals surface area (Å²) in [6.07, 6.45) is 0. The number of aryl methyl sites for hydroxylation is 3. The van der Waals surface area contributed by atoms with E-state index in [0.29, 0.717) is 5.56 Å². The molecule has 3 nitrogen and oxygen atoms in total. The van der Waals surface area contributed by atoms with E-state index in [0.717, 1.165) is 50.1 Å². The maximum absolute atomic E-state index is 9.86. The number of hydrogen-bond acceptors (Lipinski definition) is 1. The van der Waals surface area contributed by atoms with Crippen LogP contribution in [-0.2, 0) is 0 Å². The zero-order chi connectivity index (χ0) is 37.2. The standard InChI is InChI=1S/C52H37N3/c1-33-11-8-14-37(25-33)39-21-23-49-45(29-39)42-17-4-6-19-47(42)54(49)51-27-35(3)44(41-16-10-13-36(28-41)32-53)31-52(51)55-48-20-7-5-18-43(48)46-30-40(22-24-50(46)55)38-15-9-12-34(2)26-38/h4-31H,1-3H3. The van der Waals surface area contributed by atoms with Crippen LogP contribution in [0.3, 0.4) is 0 Å². The van der Waals surface area contributed by atoms with Crippen LogP contribution in [0.25, 0.3) is 88.4 Å². The van der Waals surface area contributed by atoms with Crippen LogP contribution in [0.15, 0.2) is 170 Å². The summed E-state index contributed by atoms with van der Waals surface area (Å²) in [5.41, 5.74) is 18.0. The van der Waals surface area contributed by atoms with Crippen LogP contribution in [0.2, 0.25) is 0 Å². The Morgan fingerprint density at radius 2 is 0.855 bits per heavy atom. The van der Waals surface area contributed by atoms with Crippen LogP contribution in [0.1, 0.15) is 22.3 Å². The summed E-state index contributed by atoms with van der Waals surface area (Å²) in [4.78, 5) is 0. The molecule has 0 spiro atoms. The SMILES string of the molecule is Cc1cccc(-c2ccc3c(c2)c2ccccc2n3-c2cc(C)c(-c3cccc(C#N)c3)cc2-n2c3ccccc3c3cc(-c4cccc(C)c4)ccc32)c1. The van der Waals surface area contributed by atoms with E-state index in [-0.39, 0.29) is 0 Å². The maximum atomic E-state index is 9.86. The second kappa shape index (κ2) is 12.8. The quantitative estimate of drug-likeness (QED) is 0.176. The molecule has 0 atom stereocenters. The van der Waals surface area contributed by atoms with Crippen molar-refractivity contribution in [3.05, 3.63) is 192 Å². The molecule has 0 fully saturated rings. The molecule has 0 radical (unpaired) electrons. The molecule has 0 bridgehead atoms. The summed E-state index contributed by atoms with van der Waals surface area (Å²) in [7, 11) is 0. The fraction of sp³-hybridized carbons (Fsp3) is 0.0577. The van der Waals surface area contributed by atoms with Crippen molar-refractivity contribution in [2.45, 2.75) is 20.8 Å². The number of aromatic nitrogens is 2. The summed E-state index contributed by atoms with van der Waals surface area (Å²) in [5.74, 6) is 0. The van der Waals surface area contributed by atoms with Gasteiger partial charge in [-0.15, -0.1) is 0 Å². The lowest BCUT2D eigenvalue weighted by Gasteiger charge is -2.20. The highest BCUT2D eigenvalue weighted by Gasteiger charge is 2.22. The third-order valence-corrected chi connectivity index (χ3v) is 11.2. The Morgan fingerprint density at radius 1 is 0.382 bits per heavy atom. The monoisotopic (exact) mass is 703 g/mol. The van der Waals surface area contributed by atoms with Gasteiger partial charge >= 0.3 is 0 Å². The largest absolute Gasteiger partial charge is 0.307 e. The lowest BCUT2D eigenvalue weighted by molar-refractivity contribution is 1.09. The Kier molecular flexibility index (Phi) is 7.54. The topological polar surface area (TPSA) is 33.6 Å². The molecule has 0 aliphatic heterocycles. The molecular weight excluding hydrogens is 667 g/mol. The first-order valence-corrected chi connectivity index (χ1v) is 18.8. The second-order valence-corrected chi connectivity index (χ2v) is 14.8. The van der Waals surface area contributed by atoms with Gasteiger partial charge in [0, 0.05) is 21.5 Å². The van der Waals surface area contributed by atoms with Crippen LogP contribution >= 0.6 is 0 Å². The van der Waals surface area contributed by atoms with Gasteiger partial charge in [0.15, 0.2) is 0 Å². The average molecular weight is 704 g/mol. The fourth-order valence-corrected chi connectivity index (χ4v) is 8.58. The molecule has 10 rings (SSSR count). The molecule has 3 heteroatoms. The molecule has 260 valence electrons. The highest BCUT2D eigenvalue weighted by atomic mass is 15.1. The Hall–Kier alpha value is -7.15. The minimum Gasteiger partial charge on any atom is -0.307 e. The van der Waals surface area contributed by atoms with Crippen molar-refractivity contribution in [3.8, 4) is 50.8 Å². The van der Waals surface area contributed by atoms with Crippen LogP contribution in [-0.4, -0.2) is 9.13 Å². The zero-order valence-electron chi connectivity index (χ0n) is 31.0. The third kappa shape index (κ3) is 5.34. The summed E-state index contributed by atoms with van der Waals surface area (Å²) in [6, 6.07) is 63.8. The zero-order valence-corrected chi connectivity index (χ0v) is 31.0. The Balaban J connectivity index is 1.30. The molecule has 55 heavy (non-hydrogen) atoms. The number of hydrogen-bond donors (Lipinski definition) is 0. The number of rotatable bonds is 5. The van der Waals surface area contributed by atoms with Crippen molar-refractivity contribution >= 4 is 43.6 Å². The molecule has 2 heterocycles. The first-order valence-electron chi connectivity index (χ1n) is 18.8. The van der Waals surface area contributed by atoms with E-state index in [2.05, 4.69) is 188 Å². The number of nitrogens with zero attached hydrogens (tertiary/aromatic N) is 3. The predicted octanol–water partition coefficient (Wildman–Crippen LogP) is 13.7. The Morgan fingerprint density at radius 3 is 1.40 bits per heavy atom. The van der Waals surface area contributed by atoms with Crippen LogP contribution in [0.5, 0.6) is 0 Å². The molecular formula is C52H37N3. The maximum Gasteiger partial charge on any atom is 0.0991 e. The van der Waals surface area contributed by atoms with Crippen molar-refractivity contribution in [1.82, 2.24) is 9.13 Å². The van der Waals surface area contributed by atoms with E-state index in [9.17, 15) is 5.26 Å². The summed E-state index contributed by atoms with van der Waals surface area (Å²) >= 11 is 0. The van der Waals surface area contributed by atoms with E-state index >= 15 is 0 Å². The van der Waals surface area contributed by atoms with Crippen LogP contribution < -0.4 is 0 Å². The smallest absolute Gasteiger partial charge is 0.0991 e. The Labute approximate surface area is 320 Å². The van der Waals surface area contributed by atoms with Crippen molar-refractivity contribution in [2.24, 2.45) is 0 Å². The van der Waals surface area contributed by atoms with Gasteiger partial charge in [-0.25, -0.2) is 0 Å². The number of para-hydroxylation sites is 2. The number of benzene rings is 8. The molecule has 8 aromatic carbocycles. The molecule has 0 amide bonds. The predicted molar refractivity (Wildman–Crippen MR) is 230 cm³/mol. The summed E-state index contributed by atoms with van der Waals surface area (Å²) in [5, 5.41) is 14.7. The minimum absolute atomic E-state index is 0.648. The van der Waals surface area contributed by atoms with Gasteiger partial charge in [0.05, 0.1) is 45.1 Å². The van der Waals surface area contributed by atoms with Gasteiger partial charge in [0.1, 0.15) is 0 Å². The van der Waals surface area contributed by atoms with Gasteiger partial charge in [0.2, 0.25) is 0 Å². The molecule has 0 saturated heterocycles. The van der Waals surface area contributed by atoms with Gasteiger partial charge in [-0.2, -0.15) is 5.26 Å². The van der Waals surface area contributed by atoms with Crippen LogP contribution in [0, 0.1) is 32.1 Å². The van der Waals surface area contributed by atoms with Crippen molar-refractivity contribution < 1.29 is 0 Å². The van der Waals surface area contributed by atoms with Gasteiger partial charge in [0.25, 0.3) is 0 Å². The molecule has 0 aliphatic rings. The van der Waals surface area contributed by atoms with Crippen LogP contribution in [0.4, 0.5) is 0 Å². The average Bonchev–Trinajstić information content (AvgIpc) is 3.73. The van der Waals surface area contributed by atoms with E-state index < -0.39 is 0 Å². The van der Waals surface area contributed by atoms with Crippen molar-refractivity contribution in [1.29, 1.82) is 5.26 Å². The molecule has 10 aromatic rings. The fourth-order valence-electron chi connectivity index (χ4n) is 8.58. The van der Waals surface area contributed by atoms with E-state index in [1.54, 1.807) is 0 Å². The van der Waals surface area contributed by atoms with Crippen molar-refractivity contribution in [3.63, 3.8) is 0 Å². The van der Waals surface area contributed by atoms with Gasteiger partial charge in [-0.05, 0) is 120 Å². The molecule has 0 aliphatic carbocycles. The Bertz CT molecular complexity index is 3200. The molecule has 2 aromatic heterocycles. The molecule has 0 unspecified atom stereocenters. The summed E-state index contributed by atoms with van der Waals surface area (Å²) in [6.45, 7) is 6.48. The first-order chi connectivity index (χ1) is 26.9. The summed E-state index contributed by atoms with van der Waals surface area (Å²) < 4.78 is 4.89. The van der Waals surface area contributed by atoms with Gasteiger partial charge in [-0.3, -0.25) is 0 Å².